The van der Waals surface area contributed by atoms with E-state index in [1.165, 1.54) is 0 Å². The van der Waals surface area contributed by atoms with E-state index < -0.39 is 7.12 Å². The monoisotopic (exact) mass is 294 g/mol. The Morgan fingerprint density at radius 3 is 2.29 bits per heavy atom. The molecule has 5 nitrogen and oxygen atoms in total. The Kier molecular flexibility index (Phi) is 6.05. The maximum absolute atomic E-state index is 9.00. The molecule has 1 fully saturated rings. The van der Waals surface area contributed by atoms with Crippen LogP contribution < -0.4 is 10.2 Å². The summed E-state index contributed by atoms with van der Waals surface area (Å²) in [5, 5.41) is 18.0. The number of hydrogen-bond acceptors (Lipinski definition) is 5. The van der Waals surface area contributed by atoms with Gasteiger partial charge in [0.2, 0.25) is 0 Å². The van der Waals surface area contributed by atoms with Gasteiger partial charge < -0.3 is 24.3 Å². The third-order valence-corrected chi connectivity index (χ3v) is 3.54. The van der Waals surface area contributed by atoms with Crippen LogP contribution in [-0.4, -0.2) is 48.7 Å². The molecule has 0 aromatic heterocycles. The third-order valence-electron chi connectivity index (χ3n) is 3.54. The average Bonchev–Trinajstić information content (AvgIpc) is 2.43. The van der Waals surface area contributed by atoms with Crippen LogP contribution in [0.15, 0.2) is 24.3 Å². The first-order valence-corrected chi connectivity index (χ1v) is 7.40. The molecule has 0 radical (unpaired) electrons. The molecule has 2 N–H and O–H groups in total. The summed E-state index contributed by atoms with van der Waals surface area (Å²) >= 11 is 0. The molecule has 6 heteroatoms. The van der Waals surface area contributed by atoms with Crippen LogP contribution in [0.5, 0.6) is 5.75 Å². The summed E-state index contributed by atoms with van der Waals surface area (Å²) in [5.74, 6) is 0.691. The quantitative estimate of drug-likeness (QED) is 0.597. The van der Waals surface area contributed by atoms with Gasteiger partial charge in [0.25, 0.3) is 0 Å². The van der Waals surface area contributed by atoms with Gasteiger partial charge >= 0.3 is 7.12 Å². The Hall–Kier alpha value is -1.08. The zero-order valence-corrected chi connectivity index (χ0v) is 12.6. The van der Waals surface area contributed by atoms with Gasteiger partial charge in [-0.05, 0) is 44.3 Å². The molecule has 1 aliphatic rings. The molecule has 1 aromatic carbocycles. The van der Waals surface area contributed by atoms with E-state index in [4.69, 9.17) is 24.3 Å². The zero-order chi connectivity index (χ0) is 15.2. The van der Waals surface area contributed by atoms with E-state index in [2.05, 4.69) is 13.8 Å². The number of ether oxygens (including phenoxy) is 3. The zero-order valence-electron chi connectivity index (χ0n) is 12.6. The van der Waals surface area contributed by atoms with Crippen molar-refractivity contribution < 1.29 is 24.3 Å². The first kappa shape index (κ1) is 16.3. The van der Waals surface area contributed by atoms with Crippen LogP contribution in [0.3, 0.4) is 0 Å². The minimum absolute atomic E-state index is 0.235. The summed E-state index contributed by atoms with van der Waals surface area (Å²) in [6.07, 6.45) is 2.58. The first-order chi connectivity index (χ1) is 10.0. The van der Waals surface area contributed by atoms with Crippen molar-refractivity contribution in [2.45, 2.75) is 45.0 Å². The fourth-order valence-electron chi connectivity index (χ4n) is 2.59. The molecule has 2 atom stereocenters. The lowest BCUT2D eigenvalue weighted by molar-refractivity contribution is -0.104. The normalized spacial score (nSPS) is 25.6. The van der Waals surface area contributed by atoms with Crippen molar-refractivity contribution >= 4 is 12.6 Å². The van der Waals surface area contributed by atoms with Gasteiger partial charge in [0.05, 0.1) is 24.9 Å². The van der Waals surface area contributed by atoms with Gasteiger partial charge in [-0.2, -0.15) is 0 Å². The van der Waals surface area contributed by atoms with E-state index >= 15 is 0 Å². The molecule has 0 saturated carbocycles. The molecule has 21 heavy (non-hydrogen) atoms. The van der Waals surface area contributed by atoms with Crippen LogP contribution in [0.4, 0.5) is 0 Å². The van der Waals surface area contributed by atoms with Gasteiger partial charge in [0.15, 0.2) is 0 Å². The molecule has 1 aliphatic heterocycles. The lowest BCUT2D eigenvalue weighted by Crippen LogP contribution is -2.34. The SMILES string of the molecule is CC1CC(OCCOc2ccc(B(O)O)cc2)CC(C)O1. The smallest absolute Gasteiger partial charge is 0.488 e. The molecule has 116 valence electrons. The van der Waals surface area contributed by atoms with Crippen molar-refractivity contribution in [3.8, 4) is 5.75 Å². The standard InChI is InChI=1S/C15H23BO5/c1-11-9-15(10-12(2)21-11)20-8-7-19-14-5-3-13(4-6-14)16(17)18/h3-6,11-12,15,17-18H,7-10H2,1-2H3. The maximum Gasteiger partial charge on any atom is 0.488 e. The van der Waals surface area contributed by atoms with E-state index in [9.17, 15) is 0 Å². The van der Waals surface area contributed by atoms with Crippen LogP contribution >= 0.6 is 0 Å². The van der Waals surface area contributed by atoms with Crippen LogP contribution in [0.25, 0.3) is 0 Å². The Morgan fingerprint density at radius 1 is 1.10 bits per heavy atom. The maximum atomic E-state index is 9.00. The Labute approximate surface area is 126 Å². The molecule has 1 heterocycles. The molecule has 1 aromatic rings. The molecule has 0 bridgehead atoms. The van der Waals surface area contributed by atoms with E-state index in [1.807, 2.05) is 0 Å². The summed E-state index contributed by atoms with van der Waals surface area (Å²) in [7, 11) is -1.44. The highest BCUT2D eigenvalue weighted by Crippen LogP contribution is 2.21. The van der Waals surface area contributed by atoms with Crippen LogP contribution in [-0.2, 0) is 9.47 Å². The largest absolute Gasteiger partial charge is 0.491 e. The van der Waals surface area contributed by atoms with E-state index in [1.54, 1.807) is 24.3 Å². The van der Waals surface area contributed by atoms with Gasteiger partial charge in [-0.3, -0.25) is 0 Å². The topological polar surface area (TPSA) is 68.2 Å². The van der Waals surface area contributed by atoms with Crippen LogP contribution in [0.2, 0.25) is 0 Å². The van der Waals surface area contributed by atoms with E-state index in [0.29, 0.717) is 24.4 Å². The molecule has 0 aliphatic carbocycles. The summed E-state index contributed by atoms with van der Waals surface area (Å²) < 4.78 is 17.1. The van der Waals surface area contributed by atoms with Crippen molar-refractivity contribution in [3.05, 3.63) is 24.3 Å². The third kappa shape index (κ3) is 5.32. The number of benzene rings is 1. The summed E-state index contributed by atoms with van der Waals surface area (Å²) in [5.41, 5.74) is 0.448. The van der Waals surface area contributed by atoms with Crippen molar-refractivity contribution in [3.63, 3.8) is 0 Å². The second-order valence-corrected chi connectivity index (χ2v) is 5.51. The molecule has 0 amide bonds. The molecular weight excluding hydrogens is 271 g/mol. The van der Waals surface area contributed by atoms with Gasteiger partial charge in [-0.15, -0.1) is 0 Å². The van der Waals surface area contributed by atoms with E-state index in [0.717, 1.165) is 12.8 Å². The highest BCUT2D eigenvalue weighted by molar-refractivity contribution is 6.58. The minimum atomic E-state index is -1.44. The molecule has 2 rings (SSSR count). The van der Waals surface area contributed by atoms with Gasteiger partial charge in [-0.1, -0.05) is 12.1 Å². The Bertz CT molecular complexity index is 413. The Balaban J connectivity index is 1.67. The number of hydrogen-bond donors (Lipinski definition) is 2. The number of rotatable bonds is 6. The second kappa shape index (κ2) is 7.80. The van der Waals surface area contributed by atoms with Crippen molar-refractivity contribution in [2.24, 2.45) is 0 Å². The molecule has 1 saturated heterocycles. The average molecular weight is 294 g/mol. The molecular formula is C15H23BO5. The van der Waals surface area contributed by atoms with Gasteiger partial charge in [0, 0.05) is 0 Å². The fraction of sp³-hybridized carbons (Fsp3) is 0.600. The lowest BCUT2D eigenvalue weighted by Gasteiger charge is -2.31. The highest BCUT2D eigenvalue weighted by atomic mass is 16.5. The lowest BCUT2D eigenvalue weighted by atomic mass is 9.80. The van der Waals surface area contributed by atoms with Crippen LogP contribution in [0.1, 0.15) is 26.7 Å². The van der Waals surface area contributed by atoms with Crippen LogP contribution in [0, 0.1) is 0 Å². The second-order valence-electron chi connectivity index (χ2n) is 5.51. The van der Waals surface area contributed by atoms with E-state index in [-0.39, 0.29) is 18.3 Å². The summed E-state index contributed by atoms with van der Waals surface area (Å²) in [4.78, 5) is 0. The van der Waals surface area contributed by atoms with Crippen molar-refractivity contribution in [2.75, 3.05) is 13.2 Å². The summed E-state index contributed by atoms with van der Waals surface area (Å²) in [6.45, 7) is 5.15. The predicted octanol–water partition coefficient (Wildman–Crippen LogP) is 0.718. The first-order valence-electron chi connectivity index (χ1n) is 7.40. The fourth-order valence-corrected chi connectivity index (χ4v) is 2.59. The molecule has 0 spiro atoms. The minimum Gasteiger partial charge on any atom is -0.491 e. The molecule has 2 unspecified atom stereocenters. The van der Waals surface area contributed by atoms with Gasteiger partial charge in [-0.25, -0.2) is 0 Å². The predicted molar refractivity (Wildman–Crippen MR) is 80.7 cm³/mol. The van der Waals surface area contributed by atoms with Crippen molar-refractivity contribution in [1.29, 1.82) is 0 Å². The van der Waals surface area contributed by atoms with Gasteiger partial charge in [0.1, 0.15) is 12.4 Å². The van der Waals surface area contributed by atoms with Crippen molar-refractivity contribution in [1.82, 2.24) is 0 Å². The Morgan fingerprint density at radius 2 is 1.71 bits per heavy atom. The highest BCUT2D eigenvalue weighted by Gasteiger charge is 2.24. The summed E-state index contributed by atoms with van der Waals surface area (Å²) in [6, 6.07) is 6.69.